The third kappa shape index (κ3) is 5.13. The summed E-state index contributed by atoms with van der Waals surface area (Å²) in [6.07, 6.45) is 0.959. The predicted octanol–water partition coefficient (Wildman–Crippen LogP) is 4.09. The average Bonchev–Trinajstić information content (AvgIpc) is 2.55. The van der Waals surface area contributed by atoms with Gasteiger partial charge in [0.25, 0.3) is 0 Å². The van der Waals surface area contributed by atoms with Crippen LogP contribution in [0.3, 0.4) is 0 Å². The highest BCUT2D eigenvalue weighted by Crippen LogP contribution is 2.28. The fourth-order valence-corrected chi connectivity index (χ4v) is 2.84. The van der Waals surface area contributed by atoms with Gasteiger partial charge < -0.3 is 4.74 Å². The zero-order valence-corrected chi connectivity index (χ0v) is 14.7. The molecular formula is C19H31NO2. The Balaban J connectivity index is 2.73. The van der Waals surface area contributed by atoms with E-state index in [9.17, 15) is 4.79 Å². The molecule has 0 aliphatic rings. The predicted molar refractivity (Wildman–Crippen MR) is 92.0 cm³/mol. The Morgan fingerprint density at radius 3 is 2.18 bits per heavy atom. The molecule has 0 aromatic heterocycles. The monoisotopic (exact) mass is 305 g/mol. The van der Waals surface area contributed by atoms with Crippen LogP contribution in [-0.4, -0.2) is 36.6 Å². The molecule has 1 aromatic carbocycles. The van der Waals surface area contributed by atoms with Crippen molar-refractivity contribution in [1.82, 2.24) is 4.90 Å². The number of nitrogens with zero attached hydrogens (tertiary/aromatic N) is 1. The third-order valence-corrected chi connectivity index (χ3v) is 4.53. The Kier molecular flexibility index (Phi) is 8.18. The van der Waals surface area contributed by atoms with E-state index < -0.39 is 0 Å². The molecule has 0 heterocycles. The summed E-state index contributed by atoms with van der Waals surface area (Å²) in [5, 5.41) is 0. The molecule has 1 aromatic rings. The summed E-state index contributed by atoms with van der Waals surface area (Å²) < 4.78 is 5.65. The van der Waals surface area contributed by atoms with E-state index in [0.29, 0.717) is 6.61 Å². The molecule has 0 aliphatic carbocycles. The molecular weight excluding hydrogens is 274 g/mol. The van der Waals surface area contributed by atoms with Crippen molar-refractivity contribution in [3.05, 3.63) is 35.9 Å². The van der Waals surface area contributed by atoms with Crippen molar-refractivity contribution in [2.75, 3.05) is 19.7 Å². The molecule has 0 spiro atoms. The first-order valence-electron chi connectivity index (χ1n) is 8.50. The number of hydrogen-bond donors (Lipinski definition) is 0. The van der Waals surface area contributed by atoms with E-state index in [-0.39, 0.29) is 23.8 Å². The van der Waals surface area contributed by atoms with Crippen LogP contribution < -0.4 is 0 Å². The minimum atomic E-state index is -0.171. The van der Waals surface area contributed by atoms with E-state index in [0.717, 1.165) is 25.1 Å². The lowest BCUT2D eigenvalue weighted by molar-refractivity contribution is -0.148. The number of carbonyl (C=O) groups is 1. The van der Waals surface area contributed by atoms with Gasteiger partial charge in [0.2, 0.25) is 0 Å². The topological polar surface area (TPSA) is 29.5 Å². The normalized spacial score (nSPS) is 15.4. The van der Waals surface area contributed by atoms with Gasteiger partial charge in [-0.3, -0.25) is 9.69 Å². The maximum Gasteiger partial charge on any atom is 0.313 e. The molecule has 0 saturated carbocycles. The van der Waals surface area contributed by atoms with Gasteiger partial charge in [0.15, 0.2) is 0 Å². The van der Waals surface area contributed by atoms with Gasteiger partial charge in [-0.2, -0.15) is 0 Å². The van der Waals surface area contributed by atoms with E-state index in [1.54, 1.807) is 0 Å². The van der Waals surface area contributed by atoms with Crippen molar-refractivity contribution in [3.63, 3.8) is 0 Å². The zero-order valence-electron chi connectivity index (χ0n) is 14.7. The number of rotatable bonds is 9. The molecule has 3 unspecified atom stereocenters. The Bertz CT molecular complexity index is 428. The largest absolute Gasteiger partial charge is 0.464 e. The Hall–Kier alpha value is -1.35. The van der Waals surface area contributed by atoms with Crippen LogP contribution in [0.4, 0.5) is 0 Å². The molecule has 0 radical (unpaired) electrons. The minimum absolute atomic E-state index is 0.0976. The van der Waals surface area contributed by atoms with Crippen LogP contribution in [0.2, 0.25) is 0 Å². The molecule has 0 bridgehead atoms. The Labute approximate surface area is 135 Å². The van der Waals surface area contributed by atoms with E-state index in [2.05, 4.69) is 39.5 Å². The van der Waals surface area contributed by atoms with Gasteiger partial charge in [-0.25, -0.2) is 0 Å². The van der Waals surface area contributed by atoms with Crippen LogP contribution in [0.1, 0.15) is 52.5 Å². The van der Waals surface area contributed by atoms with E-state index in [1.165, 1.54) is 0 Å². The quantitative estimate of drug-likeness (QED) is 0.644. The summed E-state index contributed by atoms with van der Waals surface area (Å²) in [5.41, 5.74) is 1.05. The van der Waals surface area contributed by atoms with E-state index in [1.807, 2.05) is 30.3 Å². The second kappa shape index (κ2) is 9.62. The fourth-order valence-electron chi connectivity index (χ4n) is 2.84. The molecule has 1 rings (SSSR count). The molecule has 124 valence electrons. The van der Waals surface area contributed by atoms with Crippen molar-refractivity contribution in [3.8, 4) is 0 Å². The summed E-state index contributed by atoms with van der Waals surface area (Å²) in [6.45, 7) is 13.0. The lowest BCUT2D eigenvalue weighted by Crippen LogP contribution is -2.37. The number of hydrogen-bond acceptors (Lipinski definition) is 3. The molecule has 3 nitrogen and oxygen atoms in total. The molecule has 0 saturated heterocycles. The van der Waals surface area contributed by atoms with Crippen LogP contribution in [-0.2, 0) is 9.53 Å². The summed E-state index contributed by atoms with van der Waals surface area (Å²) in [6, 6.07) is 10.2. The Morgan fingerprint density at radius 1 is 1.09 bits per heavy atom. The van der Waals surface area contributed by atoms with Gasteiger partial charge in [0, 0.05) is 6.04 Å². The van der Waals surface area contributed by atoms with Crippen molar-refractivity contribution >= 4 is 5.97 Å². The first kappa shape index (κ1) is 18.7. The van der Waals surface area contributed by atoms with Crippen molar-refractivity contribution in [2.45, 2.75) is 53.0 Å². The van der Waals surface area contributed by atoms with Crippen molar-refractivity contribution < 1.29 is 9.53 Å². The van der Waals surface area contributed by atoms with Crippen LogP contribution in [0, 0.1) is 5.92 Å². The second-order valence-electron chi connectivity index (χ2n) is 5.97. The molecule has 0 aliphatic heterocycles. The van der Waals surface area contributed by atoms with E-state index >= 15 is 0 Å². The van der Waals surface area contributed by atoms with Crippen LogP contribution in [0.25, 0.3) is 0 Å². The lowest BCUT2D eigenvalue weighted by Gasteiger charge is -2.27. The first-order chi connectivity index (χ1) is 10.5. The van der Waals surface area contributed by atoms with Gasteiger partial charge in [-0.05, 0) is 31.5 Å². The maximum atomic E-state index is 12.6. The number of likely N-dealkylation sites (N-methyl/N-ethyl adjacent to an activating group) is 1. The standard InChI is InChI=1S/C19H31NO2/c1-6-15(4)18(17-12-10-9-11-13-17)19(21)22-14-16(5)20(7-2)8-3/h9-13,15-16,18H,6-8,14H2,1-5H3. The number of esters is 1. The number of benzene rings is 1. The van der Waals surface area contributed by atoms with Crippen molar-refractivity contribution in [1.29, 1.82) is 0 Å². The molecule has 0 amide bonds. The molecule has 3 heteroatoms. The summed E-state index contributed by atoms with van der Waals surface area (Å²) in [5.74, 6) is 0.00770. The lowest BCUT2D eigenvalue weighted by atomic mass is 9.85. The fraction of sp³-hybridized carbons (Fsp3) is 0.632. The molecule has 0 N–H and O–H groups in total. The zero-order chi connectivity index (χ0) is 16.5. The SMILES string of the molecule is CCC(C)C(C(=O)OCC(C)N(CC)CC)c1ccccc1. The second-order valence-corrected chi connectivity index (χ2v) is 5.97. The highest BCUT2D eigenvalue weighted by Gasteiger charge is 2.27. The molecule has 0 fully saturated rings. The highest BCUT2D eigenvalue weighted by molar-refractivity contribution is 5.78. The van der Waals surface area contributed by atoms with Gasteiger partial charge in [-0.15, -0.1) is 0 Å². The average molecular weight is 305 g/mol. The first-order valence-corrected chi connectivity index (χ1v) is 8.50. The minimum Gasteiger partial charge on any atom is -0.464 e. The summed E-state index contributed by atoms with van der Waals surface area (Å²) in [4.78, 5) is 14.9. The van der Waals surface area contributed by atoms with Crippen LogP contribution in [0.15, 0.2) is 30.3 Å². The van der Waals surface area contributed by atoms with E-state index in [4.69, 9.17) is 4.74 Å². The summed E-state index contributed by atoms with van der Waals surface area (Å²) >= 11 is 0. The van der Waals surface area contributed by atoms with Crippen molar-refractivity contribution in [2.24, 2.45) is 5.92 Å². The maximum absolute atomic E-state index is 12.6. The van der Waals surface area contributed by atoms with Crippen LogP contribution in [0.5, 0.6) is 0 Å². The van der Waals surface area contributed by atoms with Gasteiger partial charge >= 0.3 is 5.97 Å². The van der Waals surface area contributed by atoms with Gasteiger partial charge in [0.05, 0.1) is 5.92 Å². The number of ether oxygens (including phenoxy) is 1. The van der Waals surface area contributed by atoms with Crippen LogP contribution >= 0.6 is 0 Å². The highest BCUT2D eigenvalue weighted by atomic mass is 16.5. The smallest absolute Gasteiger partial charge is 0.313 e. The third-order valence-electron chi connectivity index (χ3n) is 4.53. The molecule has 22 heavy (non-hydrogen) atoms. The van der Waals surface area contributed by atoms with Gasteiger partial charge in [-0.1, -0.05) is 64.4 Å². The summed E-state index contributed by atoms with van der Waals surface area (Å²) in [7, 11) is 0. The Morgan fingerprint density at radius 2 is 1.68 bits per heavy atom. The molecule has 3 atom stereocenters. The van der Waals surface area contributed by atoms with Gasteiger partial charge in [0.1, 0.15) is 6.61 Å². The number of carbonyl (C=O) groups excluding carboxylic acids is 1.